The fourth-order valence-electron chi connectivity index (χ4n) is 2.91. The van der Waals surface area contributed by atoms with Crippen molar-refractivity contribution in [2.24, 2.45) is 0 Å². The molecule has 1 atom stereocenters. The maximum atomic E-state index is 12.6. The van der Waals surface area contributed by atoms with E-state index in [2.05, 4.69) is 10.3 Å². The van der Waals surface area contributed by atoms with Crippen LogP contribution in [-0.2, 0) is 14.3 Å². The Hall–Kier alpha value is -3.09. The molecule has 0 saturated carbocycles. The summed E-state index contributed by atoms with van der Waals surface area (Å²) in [6, 6.07) is 5.71. The SMILES string of the molecule is Cc1ccc(C)c(NC(=O)[C@@H](C)OC(=O)c2[nH]c(C)c(C(=O)OC(C)C)c2C)c1. The molecule has 7 nitrogen and oxygen atoms in total. The number of anilines is 1. The Morgan fingerprint density at radius 3 is 2.24 bits per heavy atom. The third-order valence-electron chi connectivity index (χ3n) is 4.49. The Morgan fingerprint density at radius 2 is 1.62 bits per heavy atom. The Labute approximate surface area is 170 Å². The molecule has 7 heteroatoms. The number of hydrogen-bond acceptors (Lipinski definition) is 5. The second-order valence-corrected chi connectivity index (χ2v) is 7.43. The fraction of sp³-hybridized carbons (Fsp3) is 0.409. The number of esters is 2. The summed E-state index contributed by atoms with van der Waals surface area (Å²) in [6.45, 7) is 12.1. The van der Waals surface area contributed by atoms with Crippen LogP contribution in [0, 0.1) is 27.7 Å². The van der Waals surface area contributed by atoms with E-state index in [1.807, 2.05) is 32.0 Å². The second-order valence-electron chi connectivity index (χ2n) is 7.43. The Balaban J connectivity index is 2.12. The smallest absolute Gasteiger partial charge is 0.355 e. The van der Waals surface area contributed by atoms with Crippen molar-refractivity contribution in [2.75, 3.05) is 5.32 Å². The second kappa shape index (κ2) is 8.94. The third kappa shape index (κ3) is 5.25. The molecule has 29 heavy (non-hydrogen) atoms. The zero-order valence-corrected chi connectivity index (χ0v) is 17.9. The highest BCUT2D eigenvalue weighted by Gasteiger charge is 2.27. The molecule has 1 heterocycles. The van der Waals surface area contributed by atoms with Crippen molar-refractivity contribution in [1.29, 1.82) is 0 Å². The van der Waals surface area contributed by atoms with E-state index in [1.165, 1.54) is 6.92 Å². The van der Waals surface area contributed by atoms with Crippen LogP contribution in [0.1, 0.15) is 64.0 Å². The highest BCUT2D eigenvalue weighted by Crippen LogP contribution is 2.21. The van der Waals surface area contributed by atoms with Crippen LogP contribution in [0.15, 0.2) is 18.2 Å². The lowest BCUT2D eigenvalue weighted by molar-refractivity contribution is -0.123. The molecule has 0 aliphatic heterocycles. The molecule has 1 amide bonds. The van der Waals surface area contributed by atoms with Gasteiger partial charge in [-0.15, -0.1) is 0 Å². The molecule has 0 bridgehead atoms. The summed E-state index contributed by atoms with van der Waals surface area (Å²) >= 11 is 0. The van der Waals surface area contributed by atoms with Crippen molar-refractivity contribution in [3.05, 3.63) is 51.8 Å². The number of ether oxygens (including phenoxy) is 2. The van der Waals surface area contributed by atoms with E-state index in [4.69, 9.17) is 9.47 Å². The third-order valence-corrected chi connectivity index (χ3v) is 4.49. The van der Waals surface area contributed by atoms with E-state index in [0.717, 1.165) is 11.1 Å². The number of hydrogen-bond donors (Lipinski definition) is 2. The first kappa shape index (κ1) is 22.2. The predicted molar refractivity (Wildman–Crippen MR) is 110 cm³/mol. The van der Waals surface area contributed by atoms with Gasteiger partial charge in [0.2, 0.25) is 0 Å². The van der Waals surface area contributed by atoms with Crippen molar-refractivity contribution >= 4 is 23.5 Å². The molecule has 0 unspecified atom stereocenters. The zero-order valence-electron chi connectivity index (χ0n) is 17.9. The lowest BCUT2D eigenvalue weighted by atomic mass is 10.1. The fourth-order valence-corrected chi connectivity index (χ4v) is 2.91. The van der Waals surface area contributed by atoms with Crippen molar-refractivity contribution < 1.29 is 23.9 Å². The van der Waals surface area contributed by atoms with Gasteiger partial charge in [0.15, 0.2) is 6.10 Å². The molecule has 2 N–H and O–H groups in total. The van der Waals surface area contributed by atoms with Gasteiger partial charge in [-0.3, -0.25) is 4.79 Å². The van der Waals surface area contributed by atoms with Crippen LogP contribution in [0.5, 0.6) is 0 Å². The average Bonchev–Trinajstić information content (AvgIpc) is 2.91. The molecule has 0 aliphatic carbocycles. The summed E-state index contributed by atoms with van der Waals surface area (Å²) in [6.07, 6.45) is -1.29. The van der Waals surface area contributed by atoms with Gasteiger partial charge in [0.05, 0.1) is 11.7 Å². The largest absolute Gasteiger partial charge is 0.459 e. The first-order chi connectivity index (χ1) is 13.5. The van der Waals surface area contributed by atoms with Gasteiger partial charge in [-0.1, -0.05) is 12.1 Å². The number of aromatic nitrogens is 1. The van der Waals surface area contributed by atoms with Crippen LogP contribution in [0.25, 0.3) is 0 Å². The average molecular weight is 400 g/mol. The monoisotopic (exact) mass is 400 g/mol. The predicted octanol–water partition coefficient (Wildman–Crippen LogP) is 4.00. The molecule has 156 valence electrons. The summed E-state index contributed by atoms with van der Waals surface area (Å²) in [4.78, 5) is 40.2. The van der Waals surface area contributed by atoms with Gasteiger partial charge < -0.3 is 19.8 Å². The van der Waals surface area contributed by atoms with Gasteiger partial charge in [0.25, 0.3) is 5.91 Å². The summed E-state index contributed by atoms with van der Waals surface area (Å²) in [5, 5.41) is 2.78. The summed E-state index contributed by atoms with van der Waals surface area (Å²) in [5.74, 6) is -1.66. The number of amides is 1. The normalized spacial score (nSPS) is 11.9. The van der Waals surface area contributed by atoms with Crippen molar-refractivity contribution in [2.45, 2.75) is 60.7 Å². The lowest BCUT2D eigenvalue weighted by Gasteiger charge is -2.15. The van der Waals surface area contributed by atoms with Crippen molar-refractivity contribution in [3.63, 3.8) is 0 Å². The minimum absolute atomic E-state index is 0.129. The first-order valence-corrected chi connectivity index (χ1v) is 9.50. The van der Waals surface area contributed by atoms with E-state index in [0.29, 0.717) is 22.5 Å². The van der Waals surface area contributed by atoms with E-state index in [-0.39, 0.29) is 11.8 Å². The van der Waals surface area contributed by atoms with Crippen LogP contribution < -0.4 is 5.32 Å². The van der Waals surface area contributed by atoms with Crippen LogP contribution in [0.4, 0.5) is 5.69 Å². The van der Waals surface area contributed by atoms with Gasteiger partial charge in [-0.25, -0.2) is 9.59 Å². The van der Waals surface area contributed by atoms with Crippen LogP contribution in [-0.4, -0.2) is 35.0 Å². The molecule has 0 fully saturated rings. The van der Waals surface area contributed by atoms with Crippen LogP contribution >= 0.6 is 0 Å². The molecular formula is C22H28N2O5. The number of aromatic amines is 1. The molecular weight excluding hydrogens is 372 g/mol. The molecule has 2 aromatic rings. The number of carbonyl (C=O) groups is 3. The van der Waals surface area contributed by atoms with Crippen molar-refractivity contribution in [3.8, 4) is 0 Å². The molecule has 0 saturated heterocycles. The van der Waals surface area contributed by atoms with Gasteiger partial charge in [0, 0.05) is 11.4 Å². The number of nitrogens with one attached hydrogen (secondary N) is 2. The molecule has 2 rings (SSSR count). The summed E-state index contributed by atoms with van der Waals surface area (Å²) in [5.41, 5.74) is 3.96. The Kier molecular flexibility index (Phi) is 6.84. The lowest BCUT2D eigenvalue weighted by Crippen LogP contribution is -2.30. The molecule has 0 spiro atoms. The zero-order chi connectivity index (χ0) is 21.9. The summed E-state index contributed by atoms with van der Waals surface area (Å²) < 4.78 is 10.5. The highest BCUT2D eigenvalue weighted by molar-refractivity contribution is 6.00. The standard InChI is InChI=1S/C22H28N2O5/c1-11(2)28-21(26)18-14(5)19(23-15(18)6)22(27)29-16(7)20(25)24-17-10-12(3)8-9-13(17)4/h8-11,16,23H,1-7H3,(H,24,25)/t16-/m1/s1. The van der Waals surface area contributed by atoms with E-state index in [1.54, 1.807) is 27.7 Å². The number of benzene rings is 1. The molecule has 1 aromatic carbocycles. The molecule has 0 aliphatic rings. The quantitative estimate of drug-likeness (QED) is 0.715. The molecule has 1 aromatic heterocycles. The Bertz CT molecular complexity index is 943. The topological polar surface area (TPSA) is 97.5 Å². The minimum Gasteiger partial charge on any atom is -0.459 e. The number of H-pyrrole nitrogens is 1. The minimum atomic E-state index is -1.02. The summed E-state index contributed by atoms with van der Waals surface area (Å²) in [7, 11) is 0. The van der Waals surface area contributed by atoms with E-state index in [9.17, 15) is 14.4 Å². The van der Waals surface area contributed by atoms with Gasteiger partial charge in [-0.05, 0) is 71.2 Å². The maximum absolute atomic E-state index is 12.6. The van der Waals surface area contributed by atoms with Crippen molar-refractivity contribution in [1.82, 2.24) is 4.98 Å². The van der Waals surface area contributed by atoms with E-state index < -0.39 is 23.9 Å². The van der Waals surface area contributed by atoms with Gasteiger partial charge in [-0.2, -0.15) is 0 Å². The number of carbonyl (C=O) groups excluding carboxylic acids is 3. The molecule has 0 radical (unpaired) electrons. The highest BCUT2D eigenvalue weighted by atomic mass is 16.6. The Morgan fingerprint density at radius 1 is 0.966 bits per heavy atom. The van der Waals surface area contributed by atoms with Gasteiger partial charge >= 0.3 is 11.9 Å². The van der Waals surface area contributed by atoms with Crippen LogP contribution in [0.3, 0.4) is 0 Å². The number of rotatable bonds is 6. The number of aryl methyl sites for hydroxylation is 3. The van der Waals surface area contributed by atoms with Crippen LogP contribution in [0.2, 0.25) is 0 Å². The van der Waals surface area contributed by atoms with Gasteiger partial charge in [0.1, 0.15) is 5.69 Å². The van der Waals surface area contributed by atoms with E-state index >= 15 is 0 Å². The maximum Gasteiger partial charge on any atom is 0.355 e. The first-order valence-electron chi connectivity index (χ1n) is 9.50.